The molecule has 3 atom stereocenters. The Labute approximate surface area is 106 Å². The lowest BCUT2D eigenvalue weighted by atomic mass is 10.0. The quantitative estimate of drug-likeness (QED) is 0.596. The van der Waals surface area contributed by atoms with Crippen molar-refractivity contribution in [2.75, 3.05) is 13.7 Å². The summed E-state index contributed by atoms with van der Waals surface area (Å²) in [5.41, 5.74) is 2.53. The van der Waals surface area contributed by atoms with Crippen LogP contribution in [0.25, 0.3) is 0 Å². The van der Waals surface area contributed by atoms with Crippen LogP contribution in [0.5, 0.6) is 0 Å². The molecule has 94 valence electrons. The lowest BCUT2D eigenvalue weighted by molar-refractivity contribution is -0.145. The van der Waals surface area contributed by atoms with E-state index < -0.39 is 0 Å². The van der Waals surface area contributed by atoms with Crippen molar-refractivity contribution in [1.82, 2.24) is 4.90 Å². The summed E-state index contributed by atoms with van der Waals surface area (Å²) < 4.78 is 4.64. The van der Waals surface area contributed by atoms with Gasteiger partial charge in [0.1, 0.15) is 6.54 Å². The Hall–Kier alpha value is -1.84. The van der Waals surface area contributed by atoms with Crippen molar-refractivity contribution in [3.05, 3.63) is 35.4 Å². The van der Waals surface area contributed by atoms with Crippen LogP contribution in [0.4, 0.5) is 0 Å². The molecule has 0 aliphatic heterocycles. The number of nitrogens with zero attached hydrogens (tertiary/aromatic N) is 1. The Morgan fingerprint density at radius 2 is 2.17 bits per heavy atom. The van der Waals surface area contributed by atoms with E-state index in [1.54, 1.807) is 4.90 Å². The van der Waals surface area contributed by atoms with Crippen LogP contribution >= 0.6 is 0 Å². The molecule has 0 aromatic heterocycles. The minimum Gasteiger partial charge on any atom is -0.468 e. The molecule has 4 heteroatoms. The number of methoxy groups -OCH3 is 1. The molecule has 1 amide bonds. The van der Waals surface area contributed by atoms with Gasteiger partial charge in [-0.15, -0.1) is 0 Å². The zero-order valence-electron chi connectivity index (χ0n) is 10.2. The Bertz CT molecular complexity index is 500. The van der Waals surface area contributed by atoms with E-state index >= 15 is 0 Å². The second-order valence-corrected chi connectivity index (χ2v) is 4.93. The third kappa shape index (κ3) is 1.60. The second kappa shape index (κ2) is 4.12. The maximum Gasteiger partial charge on any atom is 0.325 e. The zero-order chi connectivity index (χ0) is 12.7. The topological polar surface area (TPSA) is 46.6 Å². The summed E-state index contributed by atoms with van der Waals surface area (Å²) in [4.78, 5) is 24.2. The fraction of sp³-hybridized carbons (Fsp3) is 0.429. The number of ether oxygens (including phenoxy) is 1. The van der Waals surface area contributed by atoms with Crippen molar-refractivity contribution in [3.8, 4) is 0 Å². The summed E-state index contributed by atoms with van der Waals surface area (Å²) in [6.45, 7) is 0.0300. The van der Waals surface area contributed by atoms with Gasteiger partial charge < -0.3 is 9.64 Å². The molecule has 1 aromatic rings. The predicted molar refractivity (Wildman–Crippen MR) is 64.8 cm³/mol. The zero-order valence-corrected chi connectivity index (χ0v) is 10.2. The van der Waals surface area contributed by atoms with Crippen LogP contribution in [0.1, 0.15) is 29.5 Å². The number of rotatable bonds is 4. The van der Waals surface area contributed by atoms with Crippen LogP contribution in [0.15, 0.2) is 24.3 Å². The van der Waals surface area contributed by atoms with Gasteiger partial charge in [-0.25, -0.2) is 0 Å². The summed E-state index contributed by atoms with van der Waals surface area (Å²) in [7, 11) is 1.34. The molecule has 1 aromatic carbocycles. The molecule has 1 saturated carbocycles. The van der Waals surface area contributed by atoms with E-state index in [9.17, 15) is 9.59 Å². The highest BCUT2D eigenvalue weighted by Crippen LogP contribution is 2.63. The van der Waals surface area contributed by atoms with Gasteiger partial charge in [0, 0.05) is 0 Å². The van der Waals surface area contributed by atoms with Crippen molar-refractivity contribution >= 4 is 12.4 Å². The maximum atomic E-state index is 11.3. The fourth-order valence-corrected chi connectivity index (χ4v) is 3.11. The summed E-state index contributed by atoms with van der Waals surface area (Å²) in [6, 6.07) is 8.24. The van der Waals surface area contributed by atoms with E-state index in [4.69, 9.17) is 0 Å². The van der Waals surface area contributed by atoms with Crippen LogP contribution < -0.4 is 0 Å². The minimum absolute atomic E-state index is 0.0300. The van der Waals surface area contributed by atoms with E-state index in [-0.39, 0.29) is 18.6 Å². The average Bonchev–Trinajstić information content (AvgIpc) is 3.12. The molecule has 2 aliphatic rings. The van der Waals surface area contributed by atoms with Crippen molar-refractivity contribution < 1.29 is 14.3 Å². The summed E-state index contributed by atoms with van der Waals surface area (Å²) in [5, 5.41) is 0. The maximum absolute atomic E-state index is 11.3. The van der Waals surface area contributed by atoms with Gasteiger partial charge in [0.15, 0.2) is 0 Å². The molecule has 0 radical (unpaired) electrons. The van der Waals surface area contributed by atoms with Crippen molar-refractivity contribution in [1.29, 1.82) is 0 Å². The molecule has 0 saturated heterocycles. The van der Waals surface area contributed by atoms with Crippen LogP contribution in [0.3, 0.4) is 0 Å². The smallest absolute Gasteiger partial charge is 0.325 e. The van der Waals surface area contributed by atoms with E-state index in [0.29, 0.717) is 11.8 Å². The Morgan fingerprint density at radius 3 is 2.83 bits per heavy atom. The molecule has 1 fully saturated rings. The first-order valence-corrected chi connectivity index (χ1v) is 6.13. The Morgan fingerprint density at radius 1 is 1.44 bits per heavy atom. The van der Waals surface area contributed by atoms with Gasteiger partial charge in [-0.2, -0.15) is 0 Å². The SMILES string of the molecule is COC(=O)CN(C=O)C1c2ccccc2C2CC21. The molecular weight excluding hydrogens is 230 g/mol. The first kappa shape index (κ1) is 11.3. The highest BCUT2D eigenvalue weighted by molar-refractivity contribution is 5.74. The number of carbonyl (C=O) groups is 2. The number of amides is 1. The first-order chi connectivity index (χ1) is 8.76. The van der Waals surface area contributed by atoms with Crippen molar-refractivity contribution in [3.63, 3.8) is 0 Å². The Balaban J connectivity index is 1.88. The van der Waals surface area contributed by atoms with Crippen molar-refractivity contribution in [2.45, 2.75) is 18.4 Å². The minimum atomic E-state index is -0.372. The molecule has 0 spiro atoms. The van der Waals surface area contributed by atoms with Gasteiger partial charge in [-0.05, 0) is 29.4 Å². The van der Waals surface area contributed by atoms with Crippen molar-refractivity contribution in [2.24, 2.45) is 5.92 Å². The summed E-state index contributed by atoms with van der Waals surface area (Å²) >= 11 is 0. The van der Waals surface area contributed by atoms with Crippen LogP contribution in [0.2, 0.25) is 0 Å². The standard InChI is InChI=1S/C14H15NO3/c1-18-13(17)7-15(8-16)14-10-5-3-2-4-9(10)11-6-12(11)14/h2-5,8,11-12,14H,6-7H2,1H3. The molecule has 3 unspecified atom stereocenters. The lowest BCUT2D eigenvalue weighted by Gasteiger charge is -2.26. The van der Waals surface area contributed by atoms with Gasteiger partial charge in [-0.1, -0.05) is 24.3 Å². The summed E-state index contributed by atoms with van der Waals surface area (Å²) in [5.74, 6) is 0.687. The van der Waals surface area contributed by atoms with Gasteiger partial charge >= 0.3 is 5.97 Å². The monoisotopic (exact) mass is 245 g/mol. The number of esters is 1. The third-order valence-corrected chi connectivity index (χ3v) is 3.99. The number of hydrogen-bond donors (Lipinski definition) is 0. The van der Waals surface area contributed by atoms with E-state index in [1.807, 2.05) is 12.1 Å². The molecule has 0 heterocycles. The second-order valence-electron chi connectivity index (χ2n) is 4.93. The normalized spacial score (nSPS) is 27.1. The molecular formula is C14H15NO3. The first-order valence-electron chi connectivity index (χ1n) is 6.13. The van der Waals surface area contributed by atoms with E-state index in [2.05, 4.69) is 16.9 Å². The summed E-state index contributed by atoms with van der Waals surface area (Å²) in [6.07, 6.45) is 1.88. The Kier molecular flexibility index (Phi) is 2.58. The van der Waals surface area contributed by atoms with Crippen LogP contribution in [0, 0.1) is 5.92 Å². The number of carbonyl (C=O) groups excluding carboxylic acids is 2. The molecule has 4 nitrogen and oxygen atoms in total. The van der Waals surface area contributed by atoms with Crippen LogP contribution in [-0.2, 0) is 14.3 Å². The largest absolute Gasteiger partial charge is 0.468 e. The van der Waals surface area contributed by atoms with Gasteiger partial charge in [-0.3, -0.25) is 9.59 Å². The highest BCUT2D eigenvalue weighted by Gasteiger charge is 2.53. The number of fused-ring (bicyclic) bond motifs is 3. The van der Waals surface area contributed by atoms with E-state index in [1.165, 1.54) is 18.2 Å². The average molecular weight is 245 g/mol. The molecule has 2 aliphatic carbocycles. The van der Waals surface area contributed by atoms with E-state index in [0.717, 1.165) is 12.8 Å². The third-order valence-electron chi connectivity index (χ3n) is 3.99. The fourth-order valence-electron chi connectivity index (χ4n) is 3.11. The van der Waals surface area contributed by atoms with Crippen LogP contribution in [-0.4, -0.2) is 30.9 Å². The predicted octanol–water partition coefficient (Wildman–Crippen LogP) is 1.48. The molecule has 0 bridgehead atoms. The van der Waals surface area contributed by atoms with Gasteiger partial charge in [0.25, 0.3) is 0 Å². The highest BCUT2D eigenvalue weighted by atomic mass is 16.5. The van der Waals surface area contributed by atoms with Gasteiger partial charge in [0.05, 0.1) is 13.2 Å². The molecule has 0 N–H and O–H groups in total. The number of benzene rings is 1. The number of hydrogen-bond acceptors (Lipinski definition) is 3. The van der Waals surface area contributed by atoms with Gasteiger partial charge in [0.2, 0.25) is 6.41 Å². The molecule has 18 heavy (non-hydrogen) atoms. The lowest BCUT2D eigenvalue weighted by Crippen LogP contribution is -2.33. The molecule has 3 rings (SSSR count).